The molecule has 3 rings (SSSR count). The first kappa shape index (κ1) is 12.2. The van der Waals surface area contributed by atoms with Gasteiger partial charge in [0.25, 0.3) is 0 Å². The van der Waals surface area contributed by atoms with E-state index in [1.807, 2.05) is 11.7 Å². The van der Waals surface area contributed by atoms with Crippen molar-refractivity contribution < 1.29 is 0 Å². The summed E-state index contributed by atoms with van der Waals surface area (Å²) >= 11 is 0. The summed E-state index contributed by atoms with van der Waals surface area (Å²) in [5.41, 5.74) is 2.50. The van der Waals surface area contributed by atoms with E-state index in [1.165, 1.54) is 43.7 Å². The van der Waals surface area contributed by atoms with Crippen LogP contribution in [0.25, 0.3) is 0 Å². The average Bonchev–Trinajstić information content (AvgIpc) is 3.01. The molecule has 1 aliphatic heterocycles. The third kappa shape index (κ3) is 2.59. The molecule has 0 spiro atoms. The topological polar surface area (TPSA) is 33.1 Å². The van der Waals surface area contributed by atoms with Crippen LogP contribution in [0, 0.1) is 0 Å². The summed E-state index contributed by atoms with van der Waals surface area (Å²) in [4.78, 5) is 2.65. The van der Waals surface area contributed by atoms with Crippen molar-refractivity contribution in [2.24, 2.45) is 7.05 Å². The van der Waals surface area contributed by atoms with Crippen molar-refractivity contribution in [3.63, 3.8) is 0 Å². The molecule has 2 aliphatic rings. The van der Waals surface area contributed by atoms with Crippen molar-refractivity contribution >= 4 is 0 Å². The van der Waals surface area contributed by atoms with Crippen LogP contribution in [-0.4, -0.2) is 39.9 Å². The van der Waals surface area contributed by atoms with Crippen LogP contribution in [0.3, 0.4) is 0 Å². The van der Waals surface area contributed by atoms with Crippen molar-refractivity contribution in [3.8, 4) is 0 Å². The molecule has 1 N–H and O–H groups in total. The number of aromatic nitrogens is 2. The summed E-state index contributed by atoms with van der Waals surface area (Å²) in [5, 5.41) is 8.18. The van der Waals surface area contributed by atoms with Crippen molar-refractivity contribution in [2.45, 2.75) is 51.2 Å². The Morgan fingerprint density at radius 3 is 2.89 bits per heavy atom. The number of hydrogen-bond donors (Lipinski definition) is 1. The summed E-state index contributed by atoms with van der Waals surface area (Å²) in [6.07, 6.45) is 5.17. The Morgan fingerprint density at radius 1 is 1.39 bits per heavy atom. The predicted octanol–water partition coefficient (Wildman–Crippen LogP) is 1.31. The fourth-order valence-electron chi connectivity index (χ4n) is 2.88. The van der Waals surface area contributed by atoms with Crippen molar-refractivity contribution in [1.29, 1.82) is 0 Å². The van der Waals surface area contributed by atoms with Gasteiger partial charge in [-0.1, -0.05) is 6.92 Å². The number of rotatable bonds is 5. The first-order valence-corrected chi connectivity index (χ1v) is 7.25. The van der Waals surface area contributed by atoms with Gasteiger partial charge in [0.05, 0.1) is 11.4 Å². The Kier molecular flexibility index (Phi) is 3.39. The van der Waals surface area contributed by atoms with Gasteiger partial charge in [0.1, 0.15) is 0 Å². The van der Waals surface area contributed by atoms with E-state index >= 15 is 0 Å². The monoisotopic (exact) mass is 248 g/mol. The summed E-state index contributed by atoms with van der Waals surface area (Å²) in [5.74, 6) is 0. The zero-order valence-electron chi connectivity index (χ0n) is 11.5. The third-order valence-electron chi connectivity index (χ3n) is 4.24. The van der Waals surface area contributed by atoms with Gasteiger partial charge in [0, 0.05) is 38.8 Å². The maximum Gasteiger partial charge on any atom is 0.0625 e. The van der Waals surface area contributed by atoms with Gasteiger partial charge in [-0.2, -0.15) is 5.10 Å². The average molecular weight is 248 g/mol. The molecule has 0 bridgehead atoms. The van der Waals surface area contributed by atoms with E-state index in [0.717, 1.165) is 19.0 Å². The standard InChI is InChI=1S/C14H24N4/c1-3-11-8-14(17(2)16-11)9-15-12-6-7-18(10-12)13-4-5-13/h8,12-13,15H,3-7,9-10H2,1-2H3. The molecule has 2 fully saturated rings. The largest absolute Gasteiger partial charge is 0.307 e. The fraction of sp³-hybridized carbons (Fsp3) is 0.786. The van der Waals surface area contributed by atoms with Gasteiger partial charge in [-0.3, -0.25) is 9.58 Å². The van der Waals surface area contributed by atoms with E-state index in [-0.39, 0.29) is 0 Å². The van der Waals surface area contributed by atoms with Gasteiger partial charge in [-0.25, -0.2) is 0 Å². The molecule has 0 aromatic carbocycles. The first-order chi connectivity index (χ1) is 8.76. The SMILES string of the molecule is CCc1cc(CNC2CCN(C3CC3)C2)n(C)n1. The number of aryl methyl sites for hydroxylation is 2. The minimum atomic E-state index is 0.672. The Labute approximate surface area is 109 Å². The highest BCUT2D eigenvalue weighted by Gasteiger charge is 2.34. The molecule has 4 nitrogen and oxygen atoms in total. The number of likely N-dealkylation sites (tertiary alicyclic amines) is 1. The fourth-order valence-corrected chi connectivity index (χ4v) is 2.88. The van der Waals surface area contributed by atoms with E-state index in [0.29, 0.717) is 6.04 Å². The molecule has 4 heteroatoms. The quantitative estimate of drug-likeness (QED) is 0.853. The van der Waals surface area contributed by atoms with Gasteiger partial charge >= 0.3 is 0 Å². The smallest absolute Gasteiger partial charge is 0.0625 e. The summed E-state index contributed by atoms with van der Waals surface area (Å²) in [6, 6.07) is 3.81. The maximum atomic E-state index is 4.49. The van der Waals surface area contributed by atoms with Crippen LogP contribution in [0.5, 0.6) is 0 Å². The molecule has 1 saturated heterocycles. The normalized spacial score (nSPS) is 24.9. The van der Waals surface area contributed by atoms with Crippen LogP contribution in [0.4, 0.5) is 0 Å². The number of nitrogens with zero attached hydrogens (tertiary/aromatic N) is 3. The van der Waals surface area contributed by atoms with Crippen LogP contribution >= 0.6 is 0 Å². The highest BCUT2D eigenvalue weighted by atomic mass is 15.3. The lowest BCUT2D eigenvalue weighted by molar-refractivity contribution is 0.317. The zero-order valence-corrected chi connectivity index (χ0v) is 11.5. The molecule has 0 amide bonds. The third-order valence-corrected chi connectivity index (χ3v) is 4.24. The van der Waals surface area contributed by atoms with Crippen LogP contribution in [0.2, 0.25) is 0 Å². The second-order valence-corrected chi connectivity index (χ2v) is 5.70. The van der Waals surface area contributed by atoms with E-state index in [9.17, 15) is 0 Å². The van der Waals surface area contributed by atoms with Crippen LogP contribution < -0.4 is 5.32 Å². The molecular formula is C14H24N4. The summed E-state index contributed by atoms with van der Waals surface area (Å²) in [7, 11) is 2.04. The molecule has 1 saturated carbocycles. The van der Waals surface area contributed by atoms with Crippen LogP contribution in [-0.2, 0) is 20.0 Å². The molecule has 1 unspecified atom stereocenters. The van der Waals surface area contributed by atoms with Crippen molar-refractivity contribution in [1.82, 2.24) is 20.0 Å². The second kappa shape index (κ2) is 5.02. The summed E-state index contributed by atoms with van der Waals surface area (Å²) < 4.78 is 2.01. The lowest BCUT2D eigenvalue weighted by Gasteiger charge is -2.15. The minimum Gasteiger partial charge on any atom is -0.307 e. The predicted molar refractivity (Wildman–Crippen MR) is 72.4 cm³/mol. The van der Waals surface area contributed by atoms with Gasteiger partial charge in [-0.05, 0) is 31.7 Å². The maximum absolute atomic E-state index is 4.49. The molecular weight excluding hydrogens is 224 g/mol. The lowest BCUT2D eigenvalue weighted by atomic mass is 10.2. The molecule has 2 heterocycles. The van der Waals surface area contributed by atoms with Crippen molar-refractivity contribution in [2.75, 3.05) is 13.1 Å². The Balaban J connectivity index is 1.50. The van der Waals surface area contributed by atoms with E-state index < -0.39 is 0 Å². The number of hydrogen-bond acceptors (Lipinski definition) is 3. The van der Waals surface area contributed by atoms with Gasteiger partial charge in [-0.15, -0.1) is 0 Å². The molecule has 0 radical (unpaired) electrons. The first-order valence-electron chi connectivity index (χ1n) is 7.25. The van der Waals surface area contributed by atoms with Gasteiger partial charge in [0.15, 0.2) is 0 Å². The highest BCUT2D eigenvalue weighted by Crippen LogP contribution is 2.29. The zero-order chi connectivity index (χ0) is 12.5. The van der Waals surface area contributed by atoms with E-state index in [2.05, 4.69) is 28.3 Å². The van der Waals surface area contributed by atoms with Crippen LogP contribution in [0.15, 0.2) is 6.07 Å². The van der Waals surface area contributed by atoms with Crippen LogP contribution in [0.1, 0.15) is 37.6 Å². The molecule has 1 atom stereocenters. The number of nitrogens with one attached hydrogen (secondary N) is 1. The van der Waals surface area contributed by atoms with E-state index in [4.69, 9.17) is 0 Å². The lowest BCUT2D eigenvalue weighted by Crippen LogP contribution is -2.33. The Hall–Kier alpha value is -0.870. The molecule has 1 aliphatic carbocycles. The Bertz CT molecular complexity index is 408. The second-order valence-electron chi connectivity index (χ2n) is 5.70. The Morgan fingerprint density at radius 2 is 2.22 bits per heavy atom. The highest BCUT2D eigenvalue weighted by molar-refractivity contribution is 5.10. The van der Waals surface area contributed by atoms with E-state index in [1.54, 1.807) is 0 Å². The molecule has 1 aromatic heterocycles. The van der Waals surface area contributed by atoms with Crippen molar-refractivity contribution in [3.05, 3.63) is 17.5 Å². The molecule has 100 valence electrons. The molecule has 18 heavy (non-hydrogen) atoms. The minimum absolute atomic E-state index is 0.672. The summed E-state index contributed by atoms with van der Waals surface area (Å²) in [6.45, 7) is 5.63. The van der Waals surface area contributed by atoms with Gasteiger partial charge in [0.2, 0.25) is 0 Å². The van der Waals surface area contributed by atoms with Gasteiger partial charge < -0.3 is 5.32 Å². The molecule has 1 aromatic rings.